The largest absolute Gasteiger partial charge is 0.446 e. The maximum absolute atomic E-state index is 12.9. The predicted octanol–water partition coefficient (Wildman–Crippen LogP) is 5.84. The number of halogens is 4. The summed E-state index contributed by atoms with van der Waals surface area (Å²) in [5.41, 5.74) is -2.26. The van der Waals surface area contributed by atoms with Crippen molar-refractivity contribution < 1.29 is 18.0 Å². The van der Waals surface area contributed by atoms with Gasteiger partial charge in [-0.2, -0.15) is 13.2 Å². The molecule has 2 saturated heterocycles. The maximum atomic E-state index is 12.9. The molecule has 5 nitrogen and oxygen atoms in total. The van der Waals surface area contributed by atoms with Crippen LogP contribution in [0.3, 0.4) is 0 Å². The van der Waals surface area contributed by atoms with Gasteiger partial charge in [-0.15, -0.1) is 0 Å². The molecule has 36 heavy (non-hydrogen) atoms. The van der Waals surface area contributed by atoms with E-state index < -0.39 is 5.51 Å². The molecule has 0 spiro atoms. The van der Waals surface area contributed by atoms with Crippen LogP contribution in [0.25, 0.3) is 0 Å². The summed E-state index contributed by atoms with van der Waals surface area (Å²) in [7, 11) is 0. The van der Waals surface area contributed by atoms with Crippen LogP contribution in [-0.2, 0) is 4.79 Å². The number of benzene rings is 2. The summed E-state index contributed by atoms with van der Waals surface area (Å²) in [6.07, 6.45) is 1.34. The van der Waals surface area contributed by atoms with Gasteiger partial charge in [-0.05, 0) is 60.6 Å². The lowest BCUT2D eigenvalue weighted by Gasteiger charge is -2.36. The van der Waals surface area contributed by atoms with E-state index >= 15 is 0 Å². The summed E-state index contributed by atoms with van der Waals surface area (Å²) in [5, 5.41) is 0.740. The van der Waals surface area contributed by atoms with Crippen molar-refractivity contribution in [2.45, 2.75) is 30.7 Å². The first-order valence-electron chi connectivity index (χ1n) is 11.9. The zero-order chi connectivity index (χ0) is 24.8. The molecule has 2 aromatic rings. The molecule has 0 radical (unpaired) electrons. The summed E-state index contributed by atoms with van der Waals surface area (Å²) in [4.78, 5) is 21.8. The van der Waals surface area contributed by atoms with Gasteiger partial charge in [0.25, 0.3) is 0 Å². The highest BCUT2D eigenvalue weighted by Crippen LogP contribution is 2.37. The molecule has 0 N–H and O–H groups in total. The van der Waals surface area contributed by atoms with E-state index in [-0.39, 0.29) is 30.0 Å². The molecule has 0 aromatic heterocycles. The van der Waals surface area contributed by atoms with Crippen molar-refractivity contribution >= 4 is 40.6 Å². The average molecular weight is 543 g/mol. The van der Waals surface area contributed by atoms with Gasteiger partial charge in [-0.1, -0.05) is 25.1 Å². The highest BCUT2D eigenvalue weighted by molar-refractivity contribution is 8.00. The van der Waals surface area contributed by atoms with Gasteiger partial charge in [-0.25, -0.2) is 0 Å². The van der Waals surface area contributed by atoms with E-state index in [2.05, 4.69) is 20.8 Å². The fraction of sp³-hybridized carbons (Fsp3) is 0.500. The molecule has 2 fully saturated rings. The summed E-state index contributed by atoms with van der Waals surface area (Å²) < 4.78 is 37.7. The number of piperazine rings is 1. The first-order valence-corrected chi connectivity index (χ1v) is 13.1. The van der Waals surface area contributed by atoms with Gasteiger partial charge in [-0.3, -0.25) is 9.69 Å². The molecular formula is C26H34ClF3N4OS. The standard InChI is InChI=1S/C25H30ClF3N4OS.CH4/c26-20-3-1-4-22(19-20)32-15-13-30(14-16-32)12-9-24(34)33-11-2-10-31(17-18-33)21-5-7-23(8-6-21)35-25(27,28)29;/h1,3-8,19H,2,9-18H2;1H4. The van der Waals surface area contributed by atoms with Crippen LogP contribution in [0, 0.1) is 0 Å². The first-order chi connectivity index (χ1) is 16.8. The Hall–Kier alpha value is -2.10. The van der Waals surface area contributed by atoms with Gasteiger partial charge in [0.15, 0.2) is 0 Å². The fourth-order valence-corrected chi connectivity index (χ4v) is 5.32. The van der Waals surface area contributed by atoms with Crippen molar-refractivity contribution in [3.63, 3.8) is 0 Å². The molecule has 2 heterocycles. The molecule has 2 aliphatic heterocycles. The Morgan fingerprint density at radius 2 is 1.53 bits per heavy atom. The van der Waals surface area contributed by atoms with Crippen LogP contribution in [0.4, 0.5) is 24.5 Å². The number of rotatable bonds is 6. The lowest BCUT2D eigenvalue weighted by atomic mass is 10.2. The zero-order valence-electron chi connectivity index (χ0n) is 19.5. The smallest absolute Gasteiger partial charge is 0.370 e. The van der Waals surface area contributed by atoms with Crippen molar-refractivity contribution in [1.29, 1.82) is 0 Å². The van der Waals surface area contributed by atoms with E-state index in [1.54, 1.807) is 12.1 Å². The van der Waals surface area contributed by atoms with Gasteiger partial charge >= 0.3 is 5.51 Å². The topological polar surface area (TPSA) is 30.0 Å². The third-order valence-corrected chi connectivity index (χ3v) is 7.45. The molecule has 10 heteroatoms. The van der Waals surface area contributed by atoms with Gasteiger partial charge in [0, 0.05) is 86.6 Å². The first kappa shape index (κ1) is 28.5. The number of amides is 1. The number of carbonyl (C=O) groups is 1. The van der Waals surface area contributed by atoms with E-state index in [4.69, 9.17) is 11.6 Å². The Morgan fingerprint density at radius 3 is 2.19 bits per heavy atom. The number of carbonyl (C=O) groups excluding carboxylic acids is 1. The van der Waals surface area contributed by atoms with Crippen LogP contribution in [0.1, 0.15) is 20.3 Å². The van der Waals surface area contributed by atoms with Crippen molar-refractivity contribution in [3.8, 4) is 0 Å². The summed E-state index contributed by atoms with van der Waals surface area (Å²) >= 11 is 6.01. The normalized spacial score (nSPS) is 17.5. The van der Waals surface area contributed by atoms with Crippen molar-refractivity contribution in [3.05, 3.63) is 53.6 Å². The molecule has 0 atom stereocenters. The Bertz CT molecular complexity index is 984. The number of nitrogens with zero attached hydrogens (tertiary/aromatic N) is 4. The van der Waals surface area contributed by atoms with Crippen molar-refractivity contribution in [2.24, 2.45) is 0 Å². The number of anilines is 2. The van der Waals surface area contributed by atoms with E-state index in [1.807, 2.05) is 23.1 Å². The van der Waals surface area contributed by atoms with E-state index in [0.717, 1.165) is 62.1 Å². The molecule has 0 unspecified atom stereocenters. The van der Waals surface area contributed by atoms with E-state index in [1.165, 1.54) is 12.1 Å². The molecule has 2 aliphatic rings. The molecule has 2 aromatic carbocycles. The molecule has 1 amide bonds. The molecule has 0 aliphatic carbocycles. The Balaban J connectivity index is 0.00000361. The predicted molar refractivity (Wildman–Crippen MR) is 143 cm³/mol. The second-order valence-electron chi connectivity index (χ2n) is 8.82. The average Bonchev–Trinajstić information content (AvgIpc) is 3.09. The van der Waals surface area contributed by atoms with Gasteiger partial charge in [0.2, 0.25) is 5.91 Å². The third kappa shape index (κ3) is 8.21. The second-order valence-corrected chi connectivity index (χ2v) is 10.4. The van der Waals surface area contributed by atoms with Gasteiger partial charge in [0.1, 0.15) is 0 Å². The summed E-state index contributed by atoms with van der Waals surface area (Å²) in [6.45, 7) is 7.19. The van der Waals surface area contributed by atoms with Crippen molar-refractivity contribution in [2.75, 3.05) is 68.7 Å². The maximum Gasteiger partial charge on any atom is 0.446 e. The van der Waals surface area contributed by atoms with Crippen LogP contribution < -0.4 is 9.80 Å². The molecular weight excluding hydrogens is 509 g/mol. The summed E-state index contributed by atoms with van der Waals surface area (Å²) in [6, 6.07) is 14.4. The Kier molecular flexibility index (Phi) is 10.2. The fourth-order valence-electron chi connectivity index (χ4n) is 4.60. The van der Waals surface area contributed by atoms with E-state index in [0.29, 0.717) is 26.1 Å². The zero-order valence-corrected chi connectivity index (χ0v) is 21.1. The van der Waals surface area contributed by atoms with Crippen LogP contribution in [0.5, 0.6) is 0 Å². The Morgan fingerprint density at radius 1 is 0.861 bits per heavy atom. The molecule has 0 bridgehead atoms. The lowest BCUT2D eigenvalue weighted by Crippen LogP contribution is -2.47. The monoisotopic (exact) mass is 542 g/mol. The number of alkyl halides is 3. The lowest BCUT2D eigenvalue weighted by molar-refractivity contribution is -0.131. The van der Waals surface area contributed by atoms with Crippen LogP contribution >= 0.6 is 23.4 Å². The molecule has 0 saturated carbocycles. The molecule has 198 valence electrons. The number of thioether (sulfide) groups is 1. The quantitative estimate of drug-likeness (QED) is 0.428. The minimum absolute atomic E-state index is 0. The highest BCUT2D eigenvalue weighted by atomic mass is 35.5. The third-order valence-electron chi connectivity index (χ3n) is 6.47. The van der Waals surface area contributed by atoms with Crippen LogP contribution in [0.15, 0.2) is 53.4 Å². The minimum atomic E-state index is -4.28. The van der Waals surface area contributed by atoms with Gasteiger partial charge in [0.05, 0.1) is 0 Å². The highest BCUT2D eigenvalue weighted by Gasteiger charge is 2.29. The SMILES string of the molecule is C.O=C(CCN1CCN(c2cccc(Cl)c2)CC1)N1CCCN(c2ccc(SC(F)(F)F)cc2)CC1. The van der Waals surface area contributed by atoms with Crippen molar-refractivity contribution in [1.82, 2.24) is 9.80 Å². The number of hydrogen-bond donors (Lipinski definition) is 0. The van der Waals surface area contributed by atoms with E-state index in [9.17, 15) is 18.0 Å². The molecule has 4 rings (SSSR count). The summed E-state index contributed by atoms with van der Waals surface area (Å²) in [5.74, 6) is 0.168. The van der Waals surface area contributed by atoms with Gasteiger partial charge < -0.3 is 14.7 Å². The minimum Gasteiger partial charge on any atom is -0.370 e. The van der Waals surface area contributed by atoms with Crippen LogP contribution in [-0.4, -0.2) is 80.1 Å². The Labute approximate surface area is 221 Å². The second kappa shape index (κ2) is 12.9. The number of hydrogen-bond acceptors (Lipinski definition) is 5. The van der Waals surface area contributed by atoms with Crippen LogP contribution in [0.2, 0.25) is 5.02 Å².